The van der Waals surface area contributed by atoms with Crippen LogP contribution in [-0.4, -0.2) is 54.8 Å². The van der Waals surface area contributed by atoms with E-state index in [1.807, 2.05) is 35.0 Å². The van der Waals surface area contributed by atoms with Gasteiger partial charge in [0.25, 0.3) is 0 Å². The molecule has 1 aliphatic rings. The second kappa shape index (κ2) is 9.12. The number of anilines is 2. The molecule has 1 fully saturated rings. The minimum Gasteiger partial charge on any atom is -0.496 e. The second-order valence-corrected chi connectivity index (χ2v) is 8.36. The summed E-state index contributed by atoms with van der Waals surface area (Å²) in [6.07, 6.45) is 5.68. The van der Waals surface area contributed by atoms with Gasteiger partial charge < -0.3 is 23.7 Å². The van der Waals surface area contributed by atoms with E-state index in [0.29, 0.717) is 22.2 Å². The third-order valence-corrected chi connectivity index (χ3v) is 6.36. The molecule has 0 spiro atoms. The number of fused-ring (bicyclic) bond motifs is 1. The lowest BCUT2D eigenvalue weighted by Crippen LogP contribution is -2.46. The summed E-state index contributed by atoms with van der Waals surface area (Å²) in [6.45, 7) is 3.47. The maximum absolute atomic E-state index is 9.11. The van der Waals surface area contributed by atoms with E-state index < -0.39 is 0 Å². The standard InChI is InChI=1S/C25H23ClN6O2/c1-33-23-14-24(34-2)21(26)13-20(23)22-16-32-6-4-19(12-25(32)29-22)31-9-7-30(8-10-31)18-3-5-28-17(11-18)15-27/h3-6,11-14,16H,7-10H2,1-2H3. The van der Waals surface area contributed by atoms with Crippen molar-refractivity contribution in [3.05, 3.63) is 65.7 Å². The summed E-state index contributed by atoms with van der Waals surface area (Å²) in [7, 11) is 3.19. The van der Waals surface area contributed by atoms with E-state index in [9.17, 15) is 0 Å². The highest BCUT2D eigenvalue weighted by atomic mass is 35.5. The Kier molecular flexibility index (Phi) is 5.86. The highest BCUT2D eigenvalue weighted by Gasteiger charge is 2.19. The number of hydrogen-bond donors (Lipinski definition) is 0. The van der Waals surface area contributed by atoms with Crippen molar-refractivity contribution < 1.29 is 9.47 Å². The molecule has 0 bridgehead atoms. The summed E-state index contributed by atoms with van der Waals surface area (Å²) in [6, 6.07) is 13.7. The molecule has 0 radical (unpaired) electrons. The van der Waals surface area contributed by atoms with Crippen LogP contribution in [0.1, 0.15) is 5.69 Å². The zero-order valence-corrected chi connectivity index (χ0v) is 19.7. The molecule has 0 saturated carbocycles. The molecule has 34 heavy (non-hydrogen) atoms. The van der Waals surface area contributed by atoms with E-state index in [1.54, 1.807) is 26.5 Å². The molecule has 1 aromatic carbocycles. The number of pyridine rings is 2. The van der Waals surface area contributed by atoms with Gasteiger partial charge in [-0.3, -0.25) is 0 Å². The molecule has 5 rings (SSSR count). The van der Waals surface area contributed by atoms with Gasteiger partial charge >= 0.3 is 0 Å². The van der Waals surface area contributed by atoms with Crippen LogP contribution < -0.4 is 19.3 Å². The van der Waals surface area contributed by atoms with Crippen LogP contribution in [-0.2, 0) is 0 Å². The molecule has 1 saturated heterocycles. The minimum absolute atomic E-state index is 0.440. The van der Waals surface area contributed by atoms with Crippen molar-refractivity contribution in [3.63, 3.8) is 0 Å². The lowest BCUT2D eigenvalue weighted by Gasteiger charge is -2.37. The van der Waals surface area contributed by atoms with Gasteiger partial charge in [0, 0.05) is 73.8 Å². The molecule has 4 aromatic rings. The van der Waals surface area contributed by atoms with Crippen LogP contribution in [0.2, 0.25) is 5.02 Å². The quantitative estimate of drug-likeness (QED) is 0.427. The van der Waals surface area contributed by atoms with E-state index in [2.05, 4.69) is 33.0 Å². The highest BCUT2D eigenvalue weighted by molar-refractivity contribution is 6.32. The van der Waals surface area contributed by atoms with Gasteiger partial charge in [0.15, 0.2) is 0 Å². The molecule has 0 unspecified atom stereocenters. The SMILES string of the molecule is COc1cc(OC)c(-c2cn3ccc(N4CCN(c5ccnc(C#N)c5)CC4)cc3n2)cc1Cl. The number of benzene rings is 1. The Morgan fingerprint density at radius 2 is 1.65 bits per heavy atom. The number of aromatic nitrogens is 3. The van der Waals surface area contributed by atoms with Crippen molar-refractivity contribution >= 4 is 28.6 Å². The Morgan fingerprint density at radius 3 is 2.32 bits per heavy atom. The van der Waals surface area contributed by atoms with E-state index in [0.717, 1.165) is 54.5 Å². The van der Waals surface area contributed by atoms with Crippen molar-refractivity contribution in [2.75, 3.05) is 50.2 Å². The first-order chi connectivity index (χ1) is 16.6. The van der Waals surface area contributed by atoms with Crippen LogP contribution in [0.15, 0.2) is 55.0 Å². The zero-order chi connectivity index (χ0) is 23.7. The number of imidazole rings is 1. The molecular weight excluding hydrogens is 452 g/mol. The first-order valence-corrected chi connectivity index (χ1v) is 11.2. The summed E-state index contributed by atoms with van der Waals surface area (Å²) in [5.41, 5.74) is 5.02. The second-order valence-electron chi connectivity index (χ2n) is 7.95. The fraction of sp³-hybridized carbons (Fsp3) is 0.240. The molecule has 0 atom stereocenters. The number of ether oxygens (including phenoxy) is 2. The summed E-state index contributed by atoms with van der Waals surface area (Å²) >= 11 is 6.36. The van der Waals surface area contributed by atoms with Gasteiger partial charge in [0.2, 0.25) is 0 Å². The first-order valence-electron chi connectivity index (χ1n) is 10.9. The average molecular weight is 475 g/mol. The van der Waals surface area contributed by atoms with E-state index >= 15 is 0 Å². The van der Waals surface area contributed by atoms with Crippen molar-refractivity contribution in [1.29, 1.82) is 5.26 Å². The summed E-state index contributed by atoms with van der Waals surface area (Å²) in [5, 5.41) is 9.62. The van der Waals surface area contributed by atoms with Crippen LogP contribution in [0.5, 0.6) is 11.5 Å². The van der Waals surface area contributed by atoms with Gasteiger partial charge in [-0.1, -0.05) is 11.6 Å². The number of hydrogen-bond acceptors (Lipinski definition) is 7. The van der Waals surface area contributed by atoms with Crippen molar-refractivity contribution in [2.45, 2.75) is 0 Å². The maximum Gasteiger partial charge on any atom is 0.142 e. The van der Waals surface area contributed by atoms with Crippen molar-refractivity contribution in [2.24, 2.45) is 0 Å². The third-order valence-electron chi connectivity index (χ3n) is 6.06. The number of halogens is 1. The molecule has 9 heteroatoms. The normalized spacial score (nSPS) is 13.7. The minimum atomic E-state index is 0.440. The fourth-order valence-corrected chi connectivity index (χ4v) is 4.50. The molecule has 0 aliphatic carbocycles. The van der Waals surface area contributed by atoms with Crippen molar-refractivity contribution in [1.82, 2.24) is 14.4 Å². The summed E-state index contributed by atoms with van der Waals surface area (Å²) < 4.78 is 12.8. The van der Waals surface area contributed by atoms with Gasteiger partial charge in [-0.15, -0.1) is 0 Å². The Morgan fingerprint density at radius 1 is 0.941 bits per heavy atom. The largest absolute Gasteiger partial charge is 0.496 e. The maximum atomic E-state index is 9.11. The molecule has 3 aromatic heterocycles. The van der Waals surface area contributed by atoms with Crippen LogP contribution in [0.3, 0.4) is 0 Å². The van der Waals surface area contributed by atoms with Crippen molar-refractivity contribution in [3.8, 4) is 28.8 Å². The summed E-state index contributed by atoms with van der Waals surface area (Å²) in [5.74, 6) is 1.21. The number of piperazine rings is 1. The molecule has 0 N–H and O–H groups in total. The van der Waals surface area contributed by atoms with E-state index in [1.165, 1.54) is 0 Å². The molecule has 172 valence electrons. The number of rotatable bonds is 5. The molecule has 1 aliphatic heterocycles. The highest BCUT2D eigenvalue weighted by Crippen LogP contribution is 2.38. The van der Waals surface area contributed by atoms with Crippen LogP contribution in [0, 0.1) is 11.3 Å². The Labute approximate surface area is 202 Å². The average Bonchev–Trinajstić information content (AvgIpc) is 3.32. The monoisotopic (exact) mass is 474 g/mol. The van der Waals surface area contributed by atoms with Gasteiger partial charge in [0.1, 0.15) is 28.9 Å². The van der Waals surface area contributed by atoms with E-state index in [4.69, 9.17) is 31.3 Å². The zero-order valence-electron chi connectivity index (χ0n) is 18.9. The lowest BCUT2D eigenvalue weighted by molar-refractivity contribution is 0.395. The molecular formula is C25H23ClN6O2. The third kappa shape index (κ3) is 4.06. The number of nitrogens with zero attached hydrogens (tertiary/aromatic N) is 6. The predicted molar refractivity (Wildman–Crippen MR) is 132 cm³/mol. The van der Waals surface area contributed by atoms with Gasteiger partial charge in [0.05, 0.1) is 24.9 Å². The topological polar surface area (TPSA) is 78.9 Å². The van der Waals surface area contributed by atoms with E-state index in [-0.39, 0.29) is 0 Å². The first kappa shape index (κ1) is 21.9. The number of methoxy groups -OCH3 is 2. The Balaban J connectivity index is 1.37. The predicted octanol–water partition coefficient (Wildman–Crippen LogP) is 4.27. The molecule has 0 amide bonds. The lowest BCUT2D eigenvalue weighted by atomic mass is 10.1. The number of nitriles is 1. The van der Waals surface area contributed by atoms with Crippen LogP contribution in [0.25, 0.3) is 16.9 Å². The molecule has 8 nitrogen and oxygen atoms in total. The molecule has 4 heterocycles. The van der Waals surface area contributed by atoms with Crippen LogP contribution >= 0.6 is 11.6 Å². The smallest absolute Gasteiger partial charge is 0.142 e. The fourth-order valence-electron chi connectivity index (χ4n) is 4.26. The van der Waals surface area contributed by atoms with Gasteiger partial charge in [-0.2, -0.15) is 5.26 Å². The Hall–Kier alpha value is -3.96. The van der Waals surface area contributed by atoms with Gasteiger partial charge in [-0.05, 0) is 24.3 Å². The van der Waals surface area contributed by atoms with Crippen LogP contribution in [0.4, 0.5) is 11.4 Å². The summed E-state index contributed by atoms with van der Waals surface area (Å²) in [4.78, 5) is 13.5. The van der Waals surface area contributed by atoms with Gasteiger partial charge in [-0.25, -0.2) is 9.97 Å². The Bertz CT molecular complexity index is 1390.